The Labute approximate surface area is 129 Å². The minimum atomic E-state index is -1.36. The van der Waals surface area contributed by atoms with Crippen molar-refractivity contribution in [3.63, 3.8) is 0 Å². The molecule has 0 unspecified atom stereocenters. The van der Waals surface area contributed by atoms with Crippen LogP contribution in [0.3, 0.4) is 0 Å². The van der Waals surface area contributed by atoms with Crippen LogP contribution in [-0.4, -0.2) is 16.8 Å². The summed E-state index contributed by atoms with van der Waals surface area (Å²) in [6.45, 7) is 0. The van der Waals surface area contributed by atoms with E-state index < -0.39 is 29.3 Å². The quantitative estimate of drug-likeness (QED) is 0.636. The Morgan fingerprint density at radius 2 is 2.05 bits per heavy atom. The van der Waals surface area contributed by atoms with Crippen molar-refractivity contribution in [2.45, 2.75) is 12.5 Å². The number of nitrogens with zero attached hydrogens (tertiary/aromatic N) is 1. The Morgan fingerprint density at radius 1 is 1.27 bits per heavy atom. The van der Waals surface area contributed by atoms with Gasteiger partial charge in [0.1, 0.15) is 0 Å². The normalized spacial score (nSPS) is 11.6. The van der Waals surface area contributed by atoms with Gasteiger partial charge in [-0.2, -0.15) is 0 Å². The topological polar surface area (TPSA) is 112 Å². The van der Waals surface area contributed by atoms with Gasteiger partial charge < -0.3 is 15.2 Å². The van der Waals surface area contributed by atoms with Crippen LogP contribution in [-0.2, 0) is 4.79 Å². The molecule has 1 N–H and O–H groups in total. The number of aliphatic carboxylic acids is 1. The molecular formula is C14H11N2O5S-. The van der Waals surface area contributed by atoms with E-state index in [0.29, 0.717) is 10.4 Å². The number of rotatable bonds is 6. The monoisotopic (exact) mass is 319 g/mol. The largest absolute Gasteiger partial charge is 0.550 e. The van der Waals surface area contributed by atoms with E-state index >= 15 is 0 Å². The number of carbonyl (C=O) groups excluding carboxylic acids is 2. The van der Waals surface area contributed by atoms with Crippen LogP contribution in [0.4, 0.5) is 5.69 Å². The number of nitrogens with one attached hydrogen (secondary N) is 1. The van der Waals surface area contributed by atoms with E-state index in [-0.39, 0.29) is 5.69 Å². The Balaban J connectivity index is 2.26. The average molecular weight is 319 g/mol. The van der Waals surface area contributed by atoms with E-state index in [1.54, 1.807) is 17.5 Å². The molecule has 1 atom stereocenters. The summed E-state index contributed by atoms with van der Waals surface area (Å²) in [7, 11) is 0. The number of amides is 1. The van der Waals surface area contributed by atoms with Crippen LogP contribution < -0.4 is 10.4 Å². The van der Waals surface area contributed by atoms with E-state index in [4.69, 9.17) is 0 Å². The third-order valence-corrected chi connectivity index (χ3v) is 3.77. The minimum Gasteiger partial charge on any atom is -0.550 e. The van der Waals surface area contributed by atoms with Gasteiger partial charge >= 0.3 is 0 Å². The Morgan fingerprint density at radius 3 is 2.64 bits per heavy atom. The predicted molar refractivity (Wildman–Crippen MR) is 77.2 cm³/mol. The highest BCUT2D eigenvalue weighted by molar-refractivity contribution is 7.12. The molecule has 0 aliphatic rings. The molecule has 0 aliphatic heterocycles. The van der Waals surface area contributed by atoms with Gasteiger partial charge in [0, 0.05) is 24.5 Å². The second-order valence-corrected chi connectivity index (χ2v) is 5.38. The highest BCUT2D eigenvalue weighted by atomic mass is 32.1. The maximum Gasteiger partial charge on any atom is 0.269 e. The van der Waals surface area contributed by atoms with Crippen LogP contribution in [0, 0.1) is 10.1 Å². The second kappa shape index (κ2) is 6.81. The summed E-state index contributed by atoms with van der Waals surface area (Å²) in [5, 5.41) is 26.0. The number of carboxylic acids is 1. The molecule has 0 aliphatic carbocycles. The number of non-ortho nitro benzene ring substituents is 1. The molecule has 114 valence electrons. The van der Waals surface area contributed by atoms with Crippen molar-refractivity contribution in [3.05, 3.63) is 62.3 Å². The first-order chi connectivity index (χ1) is 10.5. The summed E-state index contributed by atoms with van der Waals surface area (Å²) < 4.78 is 0. The SMILES string of the molecule is O=C([O-])C[C@@H](NC(=O)c1cccs1)c1cccc([N+](=O)[O-])c1. The number of hydrogen-bond donors (Lipinski definition) is 1. The molecule has 0 saturated carbocycles. The molecule has 7 nitrogen and oxygen atoms in total. The van der Waals surface area contributed by atoms with Crippen molar-refractivity contribution >= 4 is 28.9 Å². The fourth-order valence-corrected chi connectivity index (χ4v) is 2.54. The van der Waals surface area contributed by atoms with Crippen LogP contribution in [0.1, 0.15) is 27.7 Å². The highest BCUT2D eigenvalue weighted by Gasteiger charge is 2.19. The summed E-state index contributed by atoms with van der Waals surface area (Å²) in [6.07, 6.45) is -0.474. The summed E-state index contributed by atoms with van der Waals surface area (Å²) in [5.74, 6) is -1.80. The van der Waals surface area contributed by atoms with Crippen LogP contribution in [0.25, 0.3) is 0 Å². The maximum absolute atomic E-state index is 12.0. The number of hydrogen-bond acceptors (Lipinski definition) is 6. The van der Waals surface area contributed by atoms with Gasteiger partial charge in [-0.05, 0) is 17.0 Å². The molecule has 22 heavy (non-hydrogen) atoms. The summed E-state index contributed by atoms with van der Waals surface area (Å²) >= 11 is 1.21. The lowest BCUT2D eigenvalue weighted by Gasteiger charge is -2.19. The molecule has 0 saturated heterocycles. The molecule has 0 bridgehead atoms. The smallest absolute Gasteiger partial charge is 0.269 e. The van der Waals surface area contributed by atoms with Crippen molar-refractivity contribution in [2.24, 2.45) is 0 Å². The van der Waals surface area contributed by atoms with Crippen molar-refractivity contribution in [1.82, 2.24) is 5.32 Å². The molecule has 1 aromatic carbocycles. The van der Waals surface area contributed by atoms with E-state index in [9.17, 15) is 24.8 Å². The molecule has 2 aromatic rings. The molecule has 2 rings (SSSR count). The van der Waals surface area contributed by atoms with Crippen LogP contribution in [0.2, 0.25) is 0 Å². The summed E-state index contributed by atoms with van der Waals surface area (Å²) in [6, 6.07) is 7.88. The standard InChI is InChI=1S/C14H12N2O5S/c17-13(18)8-11(15-14(19)12-5-2-6-22-12)9-3-1-4-10(7-9)16(20)21/h1-7,11H,8H2,(H,15,19)(H,17,18)/p-1/t11-/m1/s1. The Kier molecular flexibility index (Phi) is 4.84. The predicted octanol–water partition coefficient (Wildman–Crippen LogP) is 1.27. The van der Waals surface area contributed by atoms with E-state index in [1.807, 2.05) is 0 Å². The minimum absolute atomic E-state index is 0.175. The number of carboxylic acid groups (broad SMARTS) is 1. The van der Waals surface area contributed by atoms with Crippen LogP contribution in [0.5, 0.6) is 0 Å². The second-order valence-electron chi connectivity index (χ2n) is 4.43. The van der Waals surface area contributed by atoms with Gasteiger partial charge in [0.25, 0.3) is 11.6 Å². The Bertz CT molecular complexity index is 699. The van der Waals surface area contributed by atoms with Gasteiger partial charge in [0.15, 0.2) is 0 Å². The zero-order chi connectivity index (χ0) is 16.1. The number of benzene rings is 1. The molecule has 1 amide bonds. The molecule has 1 heterocycles. The summed E-state index contributed by atoms with van der Waals surface area (Å²) in [4.78, 5) is 33.6. The van der Waals surface area contributed by atoms with Crippen molar-refractivity contribution < 1.29 is 19.6 Å². The number of nitro benzene ring substituents is 1. The maximum atomic E-state index is 12.0. The lowest BCUT2D eigenvalue weighted by molar-refractivity contribution is -0.385. The van der Waals surface area contributed by atoms with E-state index in [0.717, 1.165) is 0 Å². The van der Waals surface area contributed by atoms with E-state index in [1.165, 1.54) is 35.6 Å². The van der Waals surface area contributed by atoms with Crippen LogP contribution in [0.15, 0.2) is 41.8 Å². The molecular weight excluding hydrogens is 308 g/mol. The zero-order valence-electron chi connectivity index (χ0n) is 11.2. The third-order valence-electron chi connectivity index (χ3n) is 2.90. The lowest BCUT2D eigenvalue weighted by atomic mass is 10.0. The lowest BCUT2D eigenvalue weighted by Crippen LogP contribution is -2.34. The molecule has 1 aromatic heterocycles. The van der Waals surface area contributed by atoms with Gasteiger partial charge in [-0.3, -0.25) is 14.9 Å². The van der Waals surface area contributed by atoms with Crippen LogP contribution >= 0.6 is 11.3 Å². The summed E-state index contributed by atoms with van der Waals surface area (Å²) in [5.41, 5.74) is 0.162. The van der Waals surface area contributed by atoms with Crippen molar-refractivity contribution in [3.8, 4) is 0 Å². The number of thiophene rings is 1. The molecule has 8 heteroatoms. The number of carbonyl (C=O) groups is 2. The van der Waals surface area contributed by atoms with Crippen molar-refractivity contribution in [2.75, 3.05) is 0 Å². The van der Waals surface area contributed by atoms with Gasteiger partial charge in [-0.1, -0.05) is 18.2 Å². The first-order valence-electron chi connectivity index (χ1n) is 6.26. The fraction of sp³-hybridized carbons (Fsp3) is 0.143. The third kappa shape index (κ3) is 3.89. The highest BCUT2D eigenvalue weighted by Crippen LogP contribution is 2.22. The number of nitro groups is 1. The van der Waals surface area contributed by atoms with E-state index in [2.05, 4.69) is 5.32 Å². The van der Waals surface area contributed by atoms with Gasteiger partial charge in [-0.25, -0.2) is 0 Å². The zero-order valence-corrected chi connectivity index (χ0v) is 12.0. The van der Waals surface area contributed by atoms with Gasteiger partial charge in [0.05, 0.1) is 15.8 Å². The average Bonchev–Trinajstić information content (AvgIpc) is 3.00. The Hall–Kier alpha value is -2.74. The molecule has 0 radical (unpaired) electrons. The molecule has 0 spiro atoms. The molecule has 0 fully saturated rings. The van der Waals surface area contributed by atoms with Gasteiger partial charge in [0.2, 0.25) is 0 Å². The van der Waals surface area contributed by atoms with Gasteiger partial charge in [-0.15, -0.1) is 11.3 Å². The fourth-order valence-electron chi connectivity index (χ4n) is 1.91. The first-order valence-corrected chi connectivity index (χ1v) is 7.14. The van der Waals surface area contributed by atoms with Crippen molar-refractivity contribution in [1.29, 1.82) is 0 Å². The first kappa shape index (κ1) is 15.6.